The van der Waals surface area contributed by atoms with Gasteiger partial charge in [-0.05, 0) is 79.4 Å². The molecule has 0 radical (unpaired) electrons. The predicted molar refractivity (Wildman–Crippen MR) is 171 cm³/mol. The smallest absolute Gasteiger partial charge is 0.255 e. The predicted octanol–water partition coefficient (Wildman–Crippen LogP) is 5.26. The highest BCUT2D eigenvalue weighted by molar-refractivity contribution is 6.71. The van der Waals surface area contributed by atoms with Gasteiger partial charge < -0.3 is 29.6 Å². The molecule has 1 saturated heterocycles. The Labute approximate surface area is 255 Å². The number of aliphatic hydroxyl groups excluding tert-OH is 1. The van der Waals surface area contributed by atoms with E-state index in [4.69, 9.17) is 9.47 Å². The molecule has 0 spiro atoms. The maximum Gasteiger partial charge on any atom is 0.255 e. The Hall–Kier alpha value is -3.50. The van der Waals surface area contributed by atoms with Gasteiger partial charge in [0, 0.05) is 29.9 Å². The molecule has 4 rings (SSSR count). The molecule has 8 nitrogen and oxygen atoms in total. The minimum absolute atomic E-state index is 0.0775. The molecule has 0 unspecified atom stereocenters. The fourth-order valence-electron chi connectivity index (χ4n) is 6.13. The first-order valence-corrected chi connectivity index (χ1v) is 18.0. The number of ether oxygens (including phenoxy) is 2. The molecular formula is C34H44N2O6Si. The van der Waals surface area contributed by atoms with E-state index in [-0.39, 0.29) is 55.1 Å². The first kappa shape index (κ1) is 32.4. The van der Waals surface area contributed by atoms with Gasteiger partial charge in [-0.3, -0.25) is 9.59 Å². The SMILES string of the molecule is COc1ccc(C(=O)Nc2ccc(CC[C@@H]3O[C@H](CC(=O)N(CCO)Cc4ccccc4)[C@@H]([Si](C)(C)O)[C@@H]3C)cc2)cc1. The third-order valence-electron chi connectivity index (χ3n) is 8.31. The molecule has 4 atom stereocenters. The van der Waals surface area contributed by atoms with Gasteiger partial charge in [-0.25, -0.2) is 0 Å². The zero-order valence-corrected chi connectivity index (χ0v) is 26.5. The molecule has 1 aliphatic rings. The molecule has 1 fully saturated rings. The number of methoxy groups -OCH3 is 1. The van der Waals surface area contributed by atoms with Crippen LogP contribution in [0, 0.1) is 5.92 Å². The molecule has 43 heavy (non-hydrogen) atoms. The summed E-state index contributed by atoms with van der Waals surface area (Å²) in [5.41, 5.74) is 3.30. The summed E-state index contributed by atoms with van der Waals surface area (Å²) < 4.78 is 11.7. The van der Waals surface area contributed by atoms with Gasteiger partial charge in [0.25, 0.3) is 5.91 Å². The maximum absolute atomic E-state index is 13.4. The van der Waals surface area contributed by atoms with E-state index in [0.29, 0.717) is 23.5 Å². The topological polar surface area (TPSA) is 108 Å². The van der Waals surface area contributed by atoms with Crippen molar-refractivity contribution in [2.24, 2.45) is 5.92 Å². The molecule has 0 aliphatic carbocycles. The first-order valence-electron chi connectivity index (χ1n) is 14.9. The van der Waals surface area contributed by atoms with Crippen LogP contribution in [0.15, 0.2) is 78.9 Å². The van der Waals surface area contributed by atoms with Crippen LogP contribution in [0.25, 0.3) is 0 Å². The van der Waals surface area contributed by atoms with E-state index in [2.05, 4.69) is 12.2 Å². The van der Waals surface area contributed by atoms with Crippen LogP contribution >= 0.6 is 0 Å². The Balaban J connectivity index is 1.36. The van der Waals surface area contributed by atoms with Crippen molar-refractivity contribution < 1.29 is 29.0 Å². The standard InChI is InChI=1S/C34H44N2O6Si/c1-24-30(19-12-25-10-15-28(16-11-25)35-34(39)27-13-17-29(41-2)18-14-27)42-31(33(24)43(3,4)40)22-32(38)36(20-21-37)23-26-8-6-5-7-9-26/h5-11,13-18,24,30-31,33,37,40H,12,19-23H2,1-4H3,(H,35,39)/t24-,30+,31-,33+/m1/s1. The highest BCUT2D eigenvalue weighted by atomic mass is 28.4. The lowest BCUT2D eigenvalue weighted by molar-refractivity contribution is -0.135. The number of aryl methyl sites for hydroxylation is 1. The summed E-state index contributed by atoms with van der Waals surface area (Å²) in [5.74, 6) is 0.536. The number of benzene rings is 3. The van der Waals surface area contributed by atoms with Gasteiger partial charge in [0.05, 0.1) is 32.3 Å². The second-order valence-electron chi connectivity index (χ2n) is 11.9. The summed E-state index contributed by atoms with van der Waals surface area (Å²) in [6.07, 6.45) is 1.25. The molecule has 3 aromatic rings. The Bertz CT molecular complexity index is 1330. The van der Waals surface area contributed by atoms with Gasteiger partial charge >= 0.3 is 0 Å². The van der Waals surface area contributed by atoms with Crippen molar-refractivity contribution in [1.29, 1.82) is 0 Å². The van der Waals surface area contributed by atoms with Crippen LogP contribution in [-0.2, 0) is 22.5 Å². The zero-order chi connectivity index (χ0) is 31.0. The second-order valence-corrected chi connectivity index (χ2v) is 15.9. The molecule has 9 heteroatoms. The van der Waals surface area contributed by atoms with Crippen LogP contribution in [-0.4, -0.2) is 67.4 Å². The van der Waals surface area contributed by atoms with E-state index in [9.17, 15) is 19.5 Å². The number of nitrogens with one attached hydrogen (secondary N) is 1. The highest BCUT2D eigenvalue weighted by Crippen LogP contribution is 2.45. The van der Waals surface area contributed by atoms with Crippen LogP contribution in [0.4, 0.5) is 5.69 Å². The van der Waals surface area contributed by atoms with Crippen LogP contribution < -0.4 is 10.1 Å². The molecule has 0 bridgehead atoms. The Kier molecular flexibility index (Phi) is 11.1. The van der Waals surface area contributed by atoms with E-state index in [1.54, 1.807) is 36.3 Å². The summed E-state index contributed by atoms with van der Waals surface area (Å²) in [6.45, 7) is 6.53. The van der Waals surface area contributed by atoms with Gasteiger partial charge in [-0.15, -0.1) is 0 Å². The number of nitrogens with zero attached hydrogens (tertiary/aromatic N) is 1. The molecule has 2 amide bonds. The number of hydrogen-bond acceptors (Lipinski definition) is 6. The van der Waals surface area contributed by atoms with Crippen molar-refractivity contribution >= 4 is 25.8 Å². The van der Waals surface area contributed by atoms with E-state index in [1.165, 1.54) is 0 Å². The average molecular weight is 605 g/mol. The van der Waals surface area contributed by atoms with Gasteiger partial charge in [0.15, 0.2) is 8.32 Å². The first-order chi connectivity index (χ1) is 20.6. The molecule has 3 aromatic carbocycles. The largest absolute Gasteiger partial charge is 0.497 e. The van der Waals surface area contributed by atoms with Crippen LogP contribution in [0.3, 0.4) is 0 Å². The third kappa shape index (κ3) is 8.76. The average Bonchev–Trinajstić information content (AvgIpc) is 3.31. The summed E-state index contributed by atoms with van der Waals surface area (Å²) >= 11 is 0. The number of carbonyl (C=O) groups is 2. The summed E-state index contributed by atoms with van der Waals surface area (Å²) in [6, 6.07) is 24.5. The number of aliphatic hydroxyl groups is 1. The monoisotopic (exact) mass is 604 g/mol. The molecule has 230 valence electrons. The van der Waals surface area contributed by atoms with E-state index in [0.717, 1.165) is 24.0 Å². The molecule has 0 saturated carbocycles. The van der Waals surface area contributed by atoms with Gasteiger partial charge in [0.1, 0.15) is 5.75 Å². The van der Waals surface area contributed by atoms with E-state index >= 15 is 0 Å². The fraction of sp³-hybridized carbons (Fsp3) is 0.412. The van der Waals surface area contributed by atoms with Crippen molar-refractivity contribution in [3.63, 3.8) is 0 Å². The van der Waals surface area contributed by atoms with Crippen molar-refractivity contribution in [2.75, 3.05) is 25.6 Å². The maximum atomic E-state index is 13.4. The van der Waals surface area contributed by atoms with Gasteiger partial charge in [-0.2, -0.15) is 0 Å². The number of rotatable bonds is 13. The van der Waals surface area contributed by atoms with Crippen molar-refractivity contribution in [3.05, 3.63) is 95.6 Å². The Morgan fingerprint density at radius 2 is 1.63 bits per heavy atom. The van der Waals surface area contributed by atoms with Crippen molar-refractivity contribution in [3.8, 4) is 5.75 Å². The Morgan fingerprint density at radius 1 is 0.953 bits per heavy atom. The fourth-order valence-corrected chi connectivity index (χ4v) is 8.74. The van der Waals surface area contributed by atoms with Crippen LogP contribution in [0.5, 0.6) is 5.75 Å². The molecule has 0 aromatic heterocycles. The van der Waals surface area contributed by atoms with Crippen molar-refractivity contribution in [1.82, 2.24) is 4.90 Å². The second kappa shape index (κ2) is 14.8. The molecular weight excluding hydrogens is 560 g/mol. The molecule has 3 N–H and O–H groups in total. The number of amides is 2. The highest BCUT2D eigenvalue weighted by Gasteiger charge is 2.50. The molecule has 1 aliphatic heterocycles. The van der Waals surface area contributed by atoms with E-state index < -0.39 is 8.32 Å². The summed E-state index contributed by atoms with van der Waals surface area (Å²) in [7, 11) is -1.06. The third-order valence-corrected chi connectivity index (χ3v) is 10.8. The summed E-state index contributed by atoms with van der Waals surface area (Å²) in [4.78, 5) is 38.9. The lowest BCUT2D eigenvalue weighted by Crippen LogP contribution is -2.42. The van der Waals surface area contributed by atoms with E-state index in [1.807, 2.05) is 67.7 Å². The van der Waals surface area contributed by atoms with Gasteiger partial charge in [-0.1, -0.05) is 49.4 Å². The number of anilines is 1. The summed E-state index contributed by atoms with van der Waals surface area (Å²) in [5, 5.41) is 12.5. The minimum Gasteiger partial charge on any atom is -0.497 e. The lowest BCUT2D eigenvalue weighted by Gasteiger charge is -2.31. The lowest BCUT2D eigenvalue weighted by atomic mass is 9.95. The molecule has 1 heterocycles. The Morgan fingerprint density at radius 3 is 2.23 bits per heavy atom. The normalized spacial score (nSPS) is 20.0. The number of hydrogen-bond donors (Lipinski definition) is 3. The van der Waals surface area contributed by atoms with Gasteiger partial charge in [0.2, 0.25) is 5.91 Å². The van der Waals surface area contributed by atoms with Crippen LogP contribution in [0.2, 0.25) is 18.6 Å². The number of carbonyl (C=O) groups excluding carboxylic acids is 2. The van der Waals surface area contributed by atoms with Crippen LogP contribution in [0.1, 0.15) is 41.3 Å². The quantitative estimate of drug-likeness (QED) is 0.230. The minimum atomic E-state index is -2.64. The van der Waals surface area contributed by atoms with Crippen molar-refractivity contribution in [2.45, 2.75) is 63.6 Å². The zero-order valence-electron chi connectivity index (χ0n) is 25.5.